The van der Waals surface area contributed by atoms with Crippen molar-refractivity contribution >= 4 is 11.9 Å². The first kappa shape index (κ1) is 14.3. The quantitative estimate of drug-likeness (QED) is 0.804. The van der Waals surface area contributed by atoms with Crippen molar-refractivity contribution in [3.8, 4) is 0 Å². The zero-order valence-corrected chi connectivity index (χ0v) is 11.3. The molecule has 3 unspecified atom stereocenters. The van der Waals surface area contributed by atoms with E-state index in [9.17, 15) is 19.8 Å². The first-order chi connectivity index (χ1) is 9.13. The van der Waals surface area contributed by atoms with Crippen molar-refractivity contribution in [1.82, 2.24) is 4.90 Å². The van der Waals surface area contributed by atoms with Gasteiger partial charge in [-0.15, -0.1) is 0 Å². The molecule has 3 atom stereocenters. The minimum Gasteiger partial charge on any atom is -0.481 e. The highest BCUT2D eigenvalue weighted by Crippen LogP contribution is 2.32. The number of carbonyl (C=O) groups is 2. The summed E-state index contributed by atoms with van der Waals surface area (Å²) in [5, 5.41) is 18.5. The molecule has 1 saturated carbocycles. The minimum atomic E-state index is -0.839. The summed E-state index contributed by atoms with van der Waals surface area (Å²) in [5.74, 6) is -1.57. The number of aliphatic carboxylic acids is 1. The second-order valence-electron chi connectivity index (χ2n) is 5.81. The zero-order valence-electron chi connectivity index (χ0n) is 11.3. The monoisotopic (exact) mass is 269 g/mol. The van der Waals surface area contributed by atoms with Crippen LogP contribution in [0.5, 0.6) is 0 Å². The van der Waals surface area contributed by atoms with Crippen molar-refractivity contribution in [3.63, 3.8) is 0 Å². The molecule has 0 aromatic carbocycles. The van der Waals surface area contributed by atoms with Crippen LogP contribution in [-0.4, -0.2) is 46.7 Å². The Labute approximate surface area is 113 Å². The number of carboxylic acids is 1. The predicted octanol–water partition coefficient (Wildman–Crippen LogP) is 1.11. The molecule has 1 aliphatic heterocycles. The van der Waals surface area contributed by atoms with Gasteiger partial charge in [-0.25, -0.2) is 0 Å². The van der Waals surface area contributed by atoms with Crippen LogP contribution < -0.4 is 0 Å². The molecule has 1 saturated heterocycles. The number of hydrogen-bond donors (Lipinski definition) is 2. The molecule has 2 fully saturated rings. The van der Waals surface area contributed by atoms with Crippen LogP contribution in [0.2, 0.25) is 0 Å². The molecule has 108 valence electrons. The van der Waals surface area contributed by atoms with Gasteiger partial charge in [-0.3, -0.25) is 9.59 Å². The third-order valence-electron chi connectivity index (χ3n) is 4.49. The van der Waals surface area contributed by atoms with E-state index in [0.717, 1.165) is 25.7 Å². The predicted molar refractivity (Wildman–Crippen MR) is 69.5 cm³/mol. The van der Waals surface area contributed by atoms with Gasteiger partial charge in [0.2, 0.25) is 5.91 Å². The molecule has 1 amide bonds. The van der Waals surface area contributed by atoms with Crippen molar-refractivity contribution in [2.75, 3.05) is 19.7 Å². The van der Waals surface area contributed by atoms with Gasteiger partial charge in [-0.1, -0.05) is 12.8 Å². The summed E-state index contributed by atoms with van der Waals surface area (Å²) in [6.45, 7) is 1.40. The van der Waals surface area contributed by atoms with Crippen LogP contribution in [0.25, 0.3) is 0 Å². The molecule has 2 rings (SSSR count). The summed E-state index contributed by atoms with van der Waals surface area (Å²) >= 11 is 0. The van der Waals surface area contributed by atoms with Crippen molar-refractivity contribution in [3.05, 3.63) is 0 Å². The highest BCUT2D eigenvalue weighted by Gasteiger charge is 2.38. The largest absolute Gasteiger partial charge is 0.481 e. The van der Waals surface area contributed by atoms with Crippen LogP contribution >= 0.6 is 0 Å². The van der Waals surface area contributed by atoms with E-state index in [0.29, 0.717) is 25.9 Å². The van der Waals surface area contributed by atoms with Crippen molar-refractivity contribution in [2.45, 2.75) is 38.5 Å². The van der Waals surface area contributed by atoms with E-state index in [4.69, 9.17) is 0 Å². The molecular formula is C14H23NO4. The second kappa shape index (κ2) is 6.37. The number of likely N-dealkylation sites (tertiary alicyclic amines) is 1. The summed E-state index contributed by atoms with van der Waals surface area (Å²) in [4.78, 5) is 25.5. The lowest BCUT2D eigenvalue weighted by Crippen LogP contribution is -2.47. The van der Waals surface area contributed by atoms with E-state index < -0.39 is 11.9 Å². The molecule has 5 heteroatoms. The Kier molecular flexibility index (Phi) is 4.80. The van der Waals surface area contributed by atoms with Crippen LogP contribution in [-0.2, 0) is 9.59 Å². The lowest BCUT2D eigenvalue weighted by atomic mass is 9.78. The van der Waals surface area contributed by atoms with Crippen molar-refractivity contribution in [2.24, 2.45) is 17.8 Å². The normalized spacial score (nSPS) is 32.1. The number of hydrogen-bond acceptors (Lipinski definition) is 3. The molecule has 5 nitrogen and oxygen atoms in total. The van der Waals surface area contributed by atoms with Gasteiger partial charge in [-0.2, -0.15) is 0 Å². The molecule has 2 N–H and O–H groups in total. The molecule has 0 radical (unpaired) electrons. The fraction of sp³-hybridized carbons (Fsp3) is 0.857. The highest BCUT2D eigenvalue weighted by molar-refractivity contribution is 5.85. The lowest BCUT2D eigenvalue weighted by Gasteiger charge is -2.37. The van der Waals surface area contributed by atoms with Crippen LogP contribution in [0, 0.1) is 17.8 Å². The maximum absolute atomic E-state index is 12.5. The fourth-order valence-corrected chi connectivity index (χ4v) is 3.37. The Bertz CT molecular complexity index is 344. The van der Waals surface area contributed by atoms with E-state index >= 15 is 0 Å². The van der Waals surface area contributed by atoms with Gasteiger partial charge in [0.15, 0.2) is 0 Å². The van der Waals surface area contributed by atoms with Gasteiger partial charge in [0, 0.05) is 19.7 Å². The summed E-state index contributed by atoms with van der Waals surface area (Å²) in [6.07, 6.45) is 5.01. The van der Waals surface area contributed by atoms with Gasteiger partial charge in [0.25, 0.3) is 0 Å². The summed E-state index contributed by atoms with van der Waals surface area (Å²) in [6, 6.07) is 0. The van der Waals surface area contributed by atoms with E-state index in [2.05, 4.69) is 0 Å². The Balaban J connectivity index is 2.02. The fourth-order valence-electron chi connectivity index (χ4n) is 3.37. The number of piperidine rings is 1. The van der Waals surface area contributed by atoms with E-state index in [-0.39, 0.29) is 24.3 Å². The molecule has 0 spiro atoms. The van der Waals surface area contributed by atoms with Crippen LogP contribution in [0.3, 0.4) is 0 Å². The highest BCUT2D eigenvalue weighted by atomic mass is 16.4. The number of aliphatic hydroxyl groups excluding tert-OH is 1. The maximum atomic E-state index is 12.5. The number of carbonyl (C=O) groups excluding carboxylic acids is 1. The first-order valence-corrected chi connectivity index (χ1v) is 7.26. The summed E-state index contributed by atoms with van der Waals surface area (Å²) < 4.78 is 0. The molecule has 0 aromatic heterocycles. The summed E-state index contributed by atoms with van der Waals surface area (Å²) in [5.41, 5.74) is 0. The van der Waals surface area contributed by atoms with E-state index in [1.54, 1.807) is 4.90 Å². The molecular weight excluding hydrogens is 246 g/mol. The smallest absolute Gasteiger partial charge is 0.307 e. The molecule has 0 aromatic rings. The molecule has 0 bridgehead atoms. The van der Waals surface area contributed by atoms with Gasteiger partial charge in [0.1, 0.15) is 0 Å². The van der Waals surface area contributed by atoms with Gasteiger partial charge < -0.3 is 15.1 Å². The molecule has 1 heterocycles. The third kappa shape index (κ3) is 3.26. The van der Waals surface area contributed by atoms with Crippen LogP contribution in [0.1, 0.15) is 38.5 Å². The number of aliphatic hydroxyl groups is 1. The van der Waals surface area contributed by atoms with E-state index in [1.165, 1.54) is 0 Å². The van der Waals surface area contributed by atoms with Gasteiger partial charge >= 0.3 is 5.97 Å². The Morgan fingerprint density at radius 3 is 2.37 bits per heavy atom. The minimum absolute atomic E-state index is 0.00903. The van der Waals surface area contributed by atoms with Gasteiger partial charge in [0.05, 0.1) is 11.8 Å². The number of carboxylic acid groups (broad SMARTS) is 1. The maximum Gasteiger partial charge on any atom is 0.307 e. The molecule has 19 heavy (non-hydrogen) atoms. The number of rotatable bonds is 3. The van der Waals surface area contributed by atoms with Crippen LogP contribution in [0.4, 0.5) is 0 Å². The number of nitrogens with zero attached hydrogens (tertiary/aromatic N) is 1. The second-order valence-corrected chi connectivity index (χ2v) is 5.81. The SMILES string of the molecule is O=C(O)C1CCCCC1C(=O)N1CCCC(CO)C1. The van der Waals surface area contributed by atoms with E-state index in [1.807, 2.05) is 0 Å². The third-order valence-corrected chi connectivity index (χ3v) is 4.49. The Hall–Kier alpha value is -1.10. The standard InChI is InChI=1S/C14H23NO4/c16-9-10-4-3-7-15(8-10)13(17)11-5-1-2-6-12(11)14(18)19/h10-12,16H,1-9H2,(H,18,19). The summed E-state index contributed by atoms with van der Waals surface area (Å²) in [7, 11) is 0. The van der Waals surface area contributed by atoms with Crippen LogP contribution in [0.15, 0.2) is 0 Å². The van der Waals surface area contributed by atoms with Gasteiger partial charge in [-0.05, 0) is 31.6 Å². The Morgan fingerprint density at radius 1 is 1.05 bits per heavy atom. The molecule has 2 aliphatic rings. The topological polar surface area (TPSA) is 77.8 Å². The average Bonchev–Trinajstić information content (AvgIpc) is 2.46. The molecule has 1 aliphatic carbocycles. The van der Waals surface area contributed by atoms with Crippen molar-refractivity contribution < 1.29 is 19.8 Å². The lowest BCUT2D eigenvalue weighted by molar-refractivity contribution is -0.153. The zero-order chi connectivity index (χ0) is 13.8. The average molecular weight is 269 g/mol. The number of amides is 1. The Morgan fingerprint density at radius 2 is 1.74 bits per heavy atom. The first-order valence-electron chi connectivity index (χ1n) is 7.26. The van der Waals surface area contributed by atoms with Crippen molar-refractivity contribution in [1.29, 1.82) is 0 Å².